The number of hydrogen-bond donors (Lipinski definition) is 12. The van der Waals surface area contributed by atoms with Crippen molar-refractivity contribution in [3.05, 3.63) is 137 Å². The molecule has 1 aliphatic heterocycles. The molecule has 428 valence electrons. The summed E-state index contributed by atoms with van der Waals surface area (Å²) in [5.41, 5.74) is 15.6. The number of para-hydroxylation sites is 1. The fourth-order valence-corrected chi connectivity index (χ4v) is 11.9. The van der Waals surface area contributed by atoms with Gasteiger partial charge in [-0.1, -0.05) is 120 Å². The van der Waals surface area contributed by atoms with Gasteiger partial charge in [-0.25, -0.2) is 4.79 Å². The van der Waals surface area contributed by atoms with E-state index in [9.17, 15) is 39.0 Å². The van der Waals surface area contributed by atoms with Gasteiger partial charge in [-0.15, -0.1) is 0 Å². The Hall–Kier alpha value is -7.11. The lowest BCUT2D eigenvalue weighted by Crippen LogP contribution is -2.63. The average Bonchev–Trinajstić information content (AvgIpc) is 3.84. The van der Waals surface area contributed by atoms with Gasteiger partial charge in [-0.2, -0.15) is 0 Å². The van der Waals surface area contributed by atoms with Crippen molar-refractivity contribution in [2.45, 2.75) is 126 Å². The maximum absolute atomic E-state index is 15.1. The van der Waals surface area contributed by atoms with Gasteiger partial charge >= 0.3 is 5.97 Å². The van der Waals surface area contributed by atoms with E-state index < -0.39 is 106 Å². The summed E-state index contributed by atoms with van der Waals surface area (Å²) in [5.74, 6) is -7.81. The molecule has 7 amide bonds. The van der Waals surface area contributed by atoms with E-state index in [-0.39, 0.29) is 50.2 Å². The highest BCUT2D eigenvalue weighted by Gasteiger charge is 2.42. The molecule has 14 N–H and O–H groups in total. The number of carbonyl (C=O) groups is 8. The second kappa shape index (κ2) is 29.4. The van der Waals surface area contributed by atoms with Crippen LogP contribution < -0.4 is 48.7 Å². The summed E-state index contributed by atoms with van der Waals surface area (Å²) in [7, 11) is 2.08. The molecule has 8 atom stereocenters. The Morgan fingerprint density at radius 2 is 1.26 bits per heavy atom. The van der Waals surface area contributed by atoms with Crippen LogP contribution in [0.3, 0.4) is 0 Å². The highest BCUT2D eigenvalue weighted by molar-refractivity contribution is 8.77. The summed E-state index contributed by atoms with van der Waals surface area (Å²) in [6, 6.07) is 17.9. The summed E-state index contributed by atoms with van der Waals surface area (Å²) in [6.07, 6.45) is 2.29. The Morgan fingerprint density at radius 3 is 1.89 bits per heavy atom. The summed E-state index contributed by atoms with van der Waals surface area (Å²) in [4.78, 5) is 119. The summed E-state index contributed by atoms with van der Waals surface area (Å²) < 4.78 is -1.32. The minimum absolute atomic E-state index is 0.0414. The van der Waals surface area contributed by atoms with Crippen LogP contribution in [0.4, 0.5) is 0 Å². The van der Waals surface area contributed by atoms with Gasteiger partial charge in [0.25, 0.3) is 0 Å². The second-order valence-electron chi connectivity index (χ2n) is 20.6. The van der Waals surface area contributed by atoms with Crippen molar-refractivity contribution in [1.29, 1.82) is 0 Å². The number of aromatic amines is 1. The zero-order valence-electron chi connectivity index (χ0n) is 45.0. The lowest BCUT2D eigenvalue weighted by Gasteiger charge is -2.35. The molecule has 1 fully saturated rings. The molecule has 5 aromatic rings. The molecule has 0 spiro atoms. The Bertz CT molecular complexity index is 2950. The fourth-order valence-electron chi connectivity index (χ4n) is 9.00. The average molecular weight is 1160 g/mol. The first-order valence-corrected chi connectivity index (χ1v) is 29.0. The van der Waals surface area contributed by atoms with Crippen LogP contribution in [0, 0.1) is 5.92 Å². The molecule has 1 aliphatic rings. The third kappa shape index (κ3) is 18.0. The van der Waals surface area contributed by atoms with E-state index >= 15 is 9.59 Å². The van der Waals surface area contributed by atoms with Crippen molar-refractivity contribution >= 4 is 91.4 Å². The van der Waals surface area contributed by atoms with E-state index in [0.29, 0.717) is 40.1 Å². The standard InChI is InChI=1S/C57H71ClN10O10S2/c1-32(2)47(56(77)78)67-54(75)46-31-79-80-57(3,4)48(68-49(70)40(60)26-34-17-21-37(58)22-18-34)55(76)65-44(27-33-12-6-5-7-13-33)51(72)64-45(29-36-30-61-41-15-9-8-14-39(36)41)53(74)62-42(16-10-11-25-59)50(71)63-43(52(73)66-46)28-35-19-23-38(69)24-20-35/h5-9,12-15,17-24,30,32,40,42-48,61,69H,10-11,16,25-29,31,59-60H2,1-4H3,(H,62,74)(H,63,71)(H,64,72)(H,65,76)(H,66,73)(H,67,75)(H,68,70)(H,77,78)/t40-,42-,43-,44-,45-,46-,47-,48+/m0/s1. The van der Waals surface area contributed by atoms with Crippen LogP contribution in [-0.2, 0) is 64.0 Å². The second-order valence-corrected chi connectivity index (χ2v) is 24.1. The molecular weight excluding hydrogens is 1080 g/mol. The molecule has 23 heteroatoms. The number of aliphatic carboxylic acids is 1. The van der Waals surface area contributed by atoms with Gasteiger partial charge in [0.15, 0.2) is 0 Å². The van der Waals surface area contributed by atoms with Crippen molar-refractivity contribution in [3.63, 3.8) is 0 Å². The van der Waals surface area contributed by atoms with Crippen LogP contribution in [0.1, 0.15) is 69.2 Å². The van der Waals surface area contributed by atoms with Gasteiger partial charge < -0.3 is 63.9 Å². The van der Waals surface area contributed by atoms with E-state index in [1.54, 1.807) is 101 Å². The lowest BCUT2D eigenvalue weighted by molar-refractivity contribution is -0.143. The number of phenolic OH excluding ortho intramolecular Hbond substituents is 1. The van der Waals surface area contributed by atoms with Crippen LogP contribution in [0.25, 0.3) is 10.9 Å². The number of aromatic nitrogens is 1. The number of H-pyrrole nitrogens is 1. The number of halogens is 1. The summed E-state index contributed by atoms with van der Waals surface area (Å²) in [6.45, 7) is 6.77. The van der Waals surface area contributed by atoms with E-state index in [0.717, 1.165) is 32.5 Å². The maximum Gasteiger partial charge on any atom is 0.326 e. The number of rotatable bonds is 18. The van der Waals surface area contributed by atoms with Crippen LogP contribution in [0.5, 0.6) is 5.75 Å². The van der Waals surface area contributed by atoms with Crippen LogP contribution in [-0.4, -0.2) is 128 Å². The van der Waals surface area contributed by atoms with Crippen molar-refractivity contribution < 1.29 is 48.6 Å². The third-order valence-corrected chi connectivity index (χ3v) is 17.1. The number of phenols is 1. The SMILES string of the molecule is CC(C)[C@H](NC(=O)[C@@H]1CSSC(C)(C)[C@H](NC(=O)[C@@H](N)Cc2ccc(Cl)cc2)C(=O)N[C@@H](Cc2ccccc2)C(=O)N[C@@H](Cc2c[nH]c3ccccc23)C(=O)N[C@@H](CCCCN)C(=O)N[C@@H](Cc2ccc(O)cc2)C(=O)N1)C(=O)O. The number of fused-ring (bicyclic) bond motifs is 1. The van der Waals surface area contributed by atoms with Gasteiger partial charge in [0.2, 0.25) is 41.4 Å². The highest BCUT2D eigenvalue weighted by atomic mass is 35.5. The number of aromatic hydroxyl groups is 1. The highest BCUT2D eigenvalue weighted by Crippen LogP contribution is 2.39. The molecule has 20 nitrogen and oxygen atoms in total. The van der Waals surface area contributed by atoms with E-state index in [2.05, 4.69) is 42.2 Å². The predicted molar refractivity (Wildman–Crippen MR) is 310 cm³/mol. The van der Waals surface area contributed by atoms with Crippen LogP contribution >= 0.6 is 33.2 Å². The molecule has 4 aromatic carbocycles. The summed E-state index contributed by atoms with van der Waals surface area (Å²) >= 11 is 6.12. The molecular formula is C57H71ClN10O10S2. The van der Waals surface area contributed by atoms with Crippen molar-refractivity contribution in [2.24, 2.45) is 17.4 Å². The molecule has 0 radical (unpaired) electrons. The Balaban J connectivity index is 1.46. The molecule has 0 saturated carbocycles. The van der Waals surface area contributed by atoms with Crippen molar-refractivity contribution in [3.8, 4) is 5.75 Å². The van der Waals surface area contributed by atoms with Gasteiger partial charge in [0.05, 0.1) is 6.04 Å². The predicted octanol–water partition coefficient (Wildman–Crippen LogP) is 3.56. The number of carboxylic acids is 1. The first kappa shape index (κ1) is 62.1. The molecule has 0 unspecified atom stereocenters. The van der Waals surface area contributed by atoms with Gasteiger partial charge in [0.1, 0.15) is 48.0 Å². The smallest absolute Gasteiger partial charge is 0.326 e. The molecule has 1 aromatic heterocycles. The first-order valence-electron chi connectivity index (χ1n) is 26.3. The Morgan fingerprint density at radius 1 is 0.713 bits per heavy atom. The number of nitrogens with one attached hydrogen (secondary N) is 8. The lowest BCUT2D eigenvalue weighted by atomic mass is 9.98. The number of benzene rings is 4. The number of unbranched alkanes of at least 4 members (excludes halogenated alkanes) is 1. The number of carboxylic acid groups (broad SMARTS) is 1. The van der Waals surface area contributed by atoms with Gasteiger partial charge in [0, 0.05) is 51.9 Å². The largest absolute Gasteiger partial charge is 0.508 e. The number of nitrogens with two attached hydrogens (primary N) is 2. The normalized spacial score (nSPS) is 21.4. The van der Waals surface area contributed by atoms with Crippen LogP contribution in [0.15, 0.2) is 109 Å². The Kier molecular flexibility index (Phi) is 22.8. The van der Waals surface area contributed by atoms with E-state index in [1.165, 1.54) is 12.1 Å². The van der Waals surface area contributed by atoms with Crippen molar-refractivity contribution in [2.75, 3.05) is 12.3 Å². The number of hydrogen-bond acceptors (Lipinski definition) is 13. The molecule has 1 saturated heterocycles. The molecule has 6 rings (SSSR count). The molecule has 0 aliphatic carbocycles. The number of amides is 7. The minimum atomic E-state index is -1.47. The van der Waals surface area contributed by atoms with Crippen LogP contribution in [0.2, 0.25) is 5.02 Å². The monoisotopic (exact) mass is 1150 g/mol. The van der Waals surface area contributed by atoms with Crippen molar-refractivity contribution in [1.82, 2.24) is 42.2 Å². The van der Waals surface area contributed by atoms with E-state index in [1.807, 2.05) is 24.3 Å². The maximum atomic E-state index is 15.1. The van der Waals surface area contributed by atoms with Gasteiger partial charge in [-0.05, 0) is 105 Å². The minimum Gasteiger partial charge on any atom is -0.508 e. The van der Waals surface area contributed by atoms with Gasteiger partial charge in [-0.3, -0.25) is 33.6 Å². The third-order valence-electron chi connectivity index (χ3n) is 13.6. The number of carbonyl (C=O) groups excluding carboxylic acids is 7. The fraction of sp³-hybridized carbons (Fsp3) is 0.404. The molecule has 0 bridgehead atoms. The zero-order chi connectivity index (χ0) is 58.1. The Labute approximate surface area is 477 Å². The quantitative estimate of drug-likeness (QED) is 0.0441. The topological polar surface area (TPSA) is 329 Å². The summed E-state index contributed by atoms with van der Waals surface area (Å²) in [5, 5.41) is 40.9. The molecule has 80 heavy (non-hydrogen) atoms. The van der Waals surface area contributed by atoms with E-state index in [4.69, 9.17) is 23.1 Å². The molecule has 2 heterocycles. The first-order chi connectivity index (χ1) is 38.1. The zero-order valence-corrected chi connectivity index (χ0v) is 47.4.